The summed E-state index contributed by atoms with van der Waals surface area (Å²) in [4.78, 5) is 3.55. The predicted octanol–water partition coefficient (Wildman–Crippen LogP) is 8.50. The predicted molar refractivity (Wildman–Crippen MR) is 136 cm³/mol. The van der Waals surface area contributed by atoms with Gasteiger partial charge in [0.05, 0.1) is 0 Å². The number of hydrogen-bond acceptors (Lipinski definition) is 1. The van der Waals surface area contributed by atoms with Crippen molar-refractivity contribution in [3.05, 3.63) is 59.9 Å². The highest BCUT2D eigenvalue weighted by Gasteiger charge is 2.21. The highest BCUT2D eigenvalue weighted by molar-refractivity contribution is 5.90. The lowest BCUT2D eigenvalue weighted by molar-refractivity contribution is 0.445. The Morgan fingerprint density at radius 3 is 2.16 bits per heavy atom. The second-order valence-corrected chi connectivity index (χ2v) is 10.2. The van der Waals surface area contributed by atoms with Crippen LogP contribution in [0.15, 0.2) is 48.8 Å². The monoisotopic (exact) mass is 425 g/mol. The van der Waals surface area contributed by atoms with E-state index in [0.717, 1.165) is 17.5 Å². The zero-order valence-electron chi connectivity index (χ0n) is 19.3. The summed E-state index contributed by atoms with van der Waals surface area (Å²) in [5, 5.41) is 6.51. The van der Waals surface area contributed by atoms with Crippen molar-refractivity contribution in [3.8, 4) is 0 Å². The molecule has 2 fully saturated rings. The number of benzene rings is 2. The Labute approximate surface area is 191 Å². The van der Waals surface area contributed by atoms with Crippen molar-refractivity contribution in [2.45, 2.75) is 76.0 Å². The van der Waals surface area contributed by atoms with Gasteiger partial charge in [-0.1, -0.05) is 44.6 Å². The molecule has 0 saturated heterocycles. The van der Waals surface area contributed by atoms with E-state index in [-0.39, 0.29) is 0 Å². The lowest BCUT2D eigenvalue weighted by Crippen LogP contribution is -2.03. The van der Waals surface area contributed by atoms with Crippen LogP contribution in [0.1, 0.15) is 87.2 Å². The summed E-state index contributed by atoms with van der Waals surface area (Å²) in [5.41, 5.74) is 7.99. The molecule has 2 heterocycles. The van der Waals surface area contributed by atoms with Gasteiger partial charge in [-0.15, -0.1) is 0 Å². The minimum atomic E-state index is 0.719. The largest absolute Gasteiger partial charge is 0.361 e. The molecule has 0 unspecified atom stereocenters. The van der Waals surface area contributed by atoms with Crippen molar-refractivity contribution in [2.24, 2.45) is 7.05 Å². The molecule has 0 spiro atoms. The number of H-pyrrole nitrogens is 1. The van der Waals surface area contributed by atoms with E-state index in [0.29, 0.717) is 0 Å². The highest BCUT2D eigenvalue weighted by Crippen LogP contribution is 2.39. The minimum absolute atomic E-state index is 0.719. The van der Waals surface area contributed by atoms with Crippen LogP contribution in [0, 0.1) is 0 Å². The molecule has 4 aromatic rings. The molecule has 0 bridgehead atoms. The first-order chi connectivity index (χ1) is 15.8. The third-order valence-electron chi connectivity index (χ3n) is 8.11. The molecule has 2 N–H and O–H groups in total. The molecule has 0 atom stereocenters. The SMILES string of the molecule is Cn1cc(C2CCCCC2)c2cc(Nc3ccc4c(C5CCCCC5)c[nH]c4c3)ccc21. The third-order valence-corrected chi connectivity index (χ3v) is 8.11. The van der Waals surface area contributed by atoms with Gasteiger partial charge in [0.2, 0.25) is 0 Å². The van der Waals surface area contributed by atoms with Gasteiger partial charge < -0.3 is 14.9 Å². The van der Waals surface area contributed by atoms with E-state index < -0.39 is 0 Å². The number of aromatic amines is 1. The smallest absolute Gasteiger partial charge is 0.0482 e. The number of anilines is 2. The summed E-state index contributed by atoms with van der Waals surface area (Å²) in [6, 6.07) is 13.7. The molecule has 32 heavy (non-hydrogen) atoms. The van der Waals surface area contributed by atoms with Gasteiger partial charge in [-0.2, -0.15) is 0 Å². The topological polar surface area (TPSA) is 32.8 Å². The first kappa shape index (κ1) is 20.0. The number of fused-ring (bicyclic) bond motifs is 2. The van der Waals surface area contributed by atoms with Crippen LogP contribution in [0.2, 0.25) is 0 Å². The van der Waals surface area contributed by atoms with Crippen LogP contribution in [0.5, 0.6) is 0 Å². The lowest BCUT2D eigenvalue weighted by Gasteiger charge is -2.21. The molecule has 2 aromatic heterocycles. The Morgan fingerprint density at radius 2 is 1.41 bits per heavy atom. The molecular weight excluding hydrogens is 390 g/mol. The third kappa shape index (κ3) is 3.62. The average Bonchev–Trinajstić information content (AvgIpc) is 3.41. The first-order valence-corrected chi connectivity index (χ1v) is 12.7. The lowest BCUT2D eigenvalue weighted by atomic mass is 9.84. The van der Waals surface area contributed by atoms with Crippen molar-refractivity contribution in [2.75, 3.05) is 5.32 Å². The van der Waals surface area contributed by atoms with Crippen molar-refractivity contribution in [3.63, 3.8) is 0 Å². The van der Waals surface area contributed by atoms with Crippen LogP contribution in [0.25, 0.3) is 21.8 Å². The normalized spacial score (nSPS) is 18.5. The number of nitrogens with one attached hydrogen (secondary N) is 2. The second kappa shape index (κ2) is 8.35. The van der Waals surface area contributed by atoms with Crippen LogP contribution in [0.3, 0.4) is 0 Å². The quantitative estimate of drug-likeness (QED) is 0.337. The number of nitrogens with zero attached hydrogens (tertiary/aromatic N) is 1. The van der Waals surface area contributed by atoms with Gasteiger partial charge in [-0.05, 0) is 79.0 Å². The van der Waals surface area contributed by atoms with Crippen molar-refractivity contribution in [1.82, 2.24) is 9.55 Å². The maximum atomic E-state index is 3.69. The molecule has 2 aliphatic carbocycles. The zero-order chi connectivity index (χ0) is 21.5. The van der Waals surface area contributed by atoms with Gasteiger partial charge in [0.15, 0.2) is 0 Å². The Kier molecular flexibility index (Phi) is 5.21. The van der Waals surface area contributed by atoms with E-state index in [9.17, 15) is 0 Å². The Balaban J connectivity index is 1.29. The second-order valence-electron chi connectivity index (χ2n) is 10.2. The van der Waals surface area contributed by atoms with Gasteiger partial charge in [-0.3, -0.25) is 0 Å². The summed E-state index contributed by atoms with van der Waals surface area (Å²) in [7, 11) is 2.19. The van der Waals surface area contributed by atoms with Gasteiger partial charge in [0.25, 0.3) is 0 Å². The first-order valence-electron chi connectivity index (χ1n) is 12.7. The van der Waals surface area contributed by atoms with Crippen molar-refractivity contribution in [1.29, 1.82) is 0 Å². The summed E-state index contributed by atoms with van der Waals surface area (Å²) < 4.78 is 2.31. The van der Waals surface area contributed by atoms with Crippen LogP contribution in [-0.4, -0.2) is 9.55 Å². The van der Waals surface area contributed by atoms with Crippen molar-refractivity contribution >= 4 is 33.2 Å². The van der Waals surface area contributed by atoms with Crippen LogP contribution < -0.4 is 5.32 Å². The van der Waals surface area contributed by atoms with Crippen LogP contribution >= 0.6 is 0 Å². The van der Waals surface area contributed by atoms with E-state index in [4.69, 9.17) is 0 Å². The van der Waals surface area contributed by atoms with Crippen LogP contribution in [0.4, 0.5) is 11.4 Å². The van der Waals surface area contributed by atoms with E-state index in [1.807, 2.05) is 0 Å². The Hall–Kier alpha value is -2.68. The molecule has 166 valence electrons. The molecule has 2 aromatic carbocycles. The molecule has 3 heteroatoms. The molecule has 2 aliphatic rings. The molecule has 2 saturated carbocycles. The van der Waals surface area contributed by atoms with E-state index in [1.165, 1.54) is 97.3 Å². The van der Waals surface area contributed by atoms with Crippen molar-refractivity contribution < 1.29 is 0 Å². The number of rotatable bonds is 4. The Bertz CT molecular complexity index is 1230. The molecule has 0 amide bonds. The van der Waals surface area contributed by atoms with Gasteiger partial charge in [-0.25, -0.2) is 0 Å². The fourth-order valence-corrected chi connectivity index (χ4v) is 6.38. The van der Waals surface area contributed by atoms with E-state index in [1.54, 1.807) is 5.56 Å². The number of aryl methyl sites for hydroxylation is 1. The minimum Gasteiger partial charge on any atom is -0.361 e. The average molecular weight is 426 g/mol. The number of hydrogen-bond donors (Lipinski definition) is 2. The highest BCUT2D eigenvalue weighted by atomic mass is 14.9. The number of aromatic nitrogens is 2. The maximum absolute atomic E-state index is 3.69. The summed E-state index contributed by atoms with van der Waals surface area (Å²) >= 11 is 0. The summed E-state index contributed by atoms with van der Waals surface area (Å²) in [6.45, 7) is 0. The fourth-order valence-electron chi connectivity index (χ4n) is 6.38. The maximum Gasteiger partial charge on any atom is 0.0482 e. The molecule has 6 rings (SSSR count). The standard InChI is InChI=1S/C29H35N3/c1-32-19-27(21-10-6-3-7-11-21)25-16-22(13-15-29(25)32)31-23-12-14-24-26(18-30-28(24)17-23)20-8-4-2-5-9-20/h12-21,30-31H,2-11H2,1H3. The molecular formula is C29H35N3. The zero-order valence-corrected chi connectivity index (χ0v) is 19.3. The molecule has 3 nitrogen and oxygen atoms in total. The van der Waals surface area contributed by atoms with Gasteiger partial charge in [0, 0.05) is 52.6 Å². The molecule has 0 radical (unpaired) electrons. The summed E-state index contributed by atoms with van der Waals surface area (Å²) in [5.74, 6) is 1.45. The molecule has 0 aliphatic heterocycles. The van der Waals surface area contributed by atoms with Gasteiger partial charge >= 0.3 is 0 Å². The summed E-state index contributed by atoms with van der Waals surface area (Å²) in [6.07, 6.45) is 18.3. The fraction of sp³-hybridized carbons (Fsp3) is 0.448. The van der Waals surface area contributed by atoms with Gasteiger partial charge in [0.1, 0.15) is 0 Å². The van der Waals surface area contributed by atoms with E-state index in [2.05, 4.69) is 70.7 Å². The van der Waals surface area contributed by atoms with Crippen LogP contribution in [-0.2, 0) is 7.05 Å². The Morgan fingerprint density at radius 1 is 0.750 bits per heavy atom. The van der Waals surface area contributed by atoms with E-state index >= 15 is 0 Å².